The topological polar surface area (TPSA) is 57.5 Å². The maximum atomic E-state index is 13.7. The molecule has 0 aliphatic carbocycles. The van der Waals surface area contributed by atoms with Crippen molar-refractivity contribution >= 4 is 16.9 Å². The van der Waals surface area contributed by atoms with E-state index in [0.717, 1.165) is 12.1 Å². The highest BCUT2D eigenvalue weighted by atomic mass is 32.2. The fraction of sp³-hybridized carbons (Fsp3) is 0.417. The highest BCUT2D eigenvalue weighted by molar-refractivity contribution is 8.13. The minimum atomic E-state index is -4.89. The van der Waals surface area contributed by atoms with Crippen LogP contribution in [-0.4, -0.2) is 27.2 Å². The summed E-state index contributed by atoms with van der Waals surface area (Å²) in [6.07, 6.45) is -8.29. The van der Waals surface area contributed by atoms with E-state index in [-0.39, 0.29) is 10.9 Å². The van der Waals surface area contributed by atoms with Crippen molar-refractivity contribution in [1.82, 2.24) is 0 Å². The van der Waals surface area contributed by atoms with E-state index in [2.05, 4.69) is 0 Å². The molecule has 0 fully saturated rings. The van der Waals surface area contributed by atoms with Crippen molar-refractivity contribution in [1.29, 1.82) is 0 Å². The van der Waals surface area contributed by atoms with Gasteiger partial charge in [-0.3, -0.25) is 4.79 Å². The van der Waals surface area contributed by atoms with Crippen molar-refractivity contribution in [2.45, 2.75) is 25.3 Å². The summed E-state index contributed by atoms with van der Waals surface area (Å²) in [6.45, 7) is 1.23. The third-order valence-corrected chi connectivity index (χ3v) is 3.39. The first-order valence-corrected chi connectivity index (χ1v) is 6.48. The van der Waals surface area contributed by atoms with Gasteiger partial charge in [-0.05, 0) is 6.07 Å². The zero-order chi connectivity index (χ0) is 15.5. The highest BCUT2D eigenvalue weighted by Crippen LogP contribution is 2.34. The van der Waals surface area contributed by atoms with E-state index in [4.69, 9.17) is 0 Å². The van der Waals surface area contributed by atoms with Gasteiger partial charge in [-0.2, -0.15) is 13.2 Å². The Morgan fingerprint density at radius 1 is 1.35 bits per heavy atom. The van der Waals surface area contributed by atoms with Gasteiger partial charge in [-0.1, -0.05) is 23.9 Å². The molecule has 0 bridgehead atoms. The summed E-state index contributed by atoms with van der Waals surface area (Å²) in [4.78, 5) is 10.7. The van der Waals surface area contributed by atoms with E-state index in [1.807, 2.05) is 0 Å². The Morgan fingerprint density at radius 2 is 1.95 bits per heavy atom. The smallest absolute Gasteiger partial charge is 0.389 e. The summed E-state index contributed by atoms with van der Waals surface area (Å²) in [6, 6.07) is 2.44. The number of rotatable bonds is 4. The number of hydrogen-bond acceptors (Lipinski definition) is 4. The van der Waals surface area contributed by atoms with E-state index in [9.17, 15) is 32.6 Å². The van der Waals surface area contributed by atoms with Gasteiger partial charge in [0.2, 0.25) is 0 Å². The molecule has 0 aromatic heterocycles. The lowest BCUT2D eigenvalue weighted by Gasteiger charge is -2.19. The second-order valence-electron chi connectivity index (χ2n) is 4.02. The van der Waals surface area contributed by atoms with Crippen LogP contribution in [0.4, 0.5) is 17.6 Å². The molecule has 0 heterocycles. The molecule has 112 valence electrons. The summed E-state index contributed by atoms with van der Waals surface area (Å²) in [5, 5.41) is 18.9. The molecule has 0 aliphatic heterocycles. The van der Waals surface area contributed by atoms with Crippen LogP contribution in [0.15, 0.2) is 18.2 Å². The lowest BCUT2D eigenvalue weighted by molar-refractivity contribution is -0.140. The Labute approximate surface area is 116 Å². The summed E-state index contributed by atoms with van der Waals surface area (Å²) < 4.78 is 51.3. The van der Waals surface area contributed by atoms with Gasteiger partial charge < -0.3 is 10.2 Å². The normalized spacial score (nSPS) is 14.9. The number of carbonyl (C=O) groups is 1. The number of hydrogen-bond donors (Lipinski definition) is 2. The molecule has 1 rings (SSSR count). The average Bonchev–Trinajstić information content (AvgIpc) is 2.33. The number of aliphatic hydroxyl groups is 2. The molecule has 1 aromatic rings. The molecular weight excluding hydrogens is 300 g/mol. The second-order valence-corrected chi connectivity index (χ2v) is 5.22. The molecule has 2 unspecified atom stereocenters. The van der Waals surface area contributed by atoms with Gasteiger partial charge in [0.15, 0.2) is 5.12 Å². The van der Waals surface area contributed by atoms with Crippen LogP contribution in [0.25, 0.3) is 0 Å². The van der Waals surface area contributed by atoms with Gasteiger partial charge >= 0.3 is 6.18 Å². The lowest BCUT2D eigenvalue weighted by Crippen LogP contribution is -2.23. The Bertz CT molecular complexity index is 490. The largest absolute Gasteiger partial charge is 0.419 e. The Balaban J connectivity index is 2.99. The molecule has 0 saturated heterocycles. The van der Waals surface area contributed by atoms with Gasteiger partial charge in [0.05, 0.1) is 11.7 Å². The predicted octanol–water partition coefficient (Wildman–Crippen LogP) is 2.52. The molecule has 0 amide bonds. The van der Waals surface area contributed by atoms with E-state index in [0.29, 0.717) is 17.8 Å². The number of alkyl halides is 3. The van der Waals surface area contributed by atoms with E-state index < -0.39 is 35.3 Å². The molecular formula is C12H12F4O3S. The Morgan fingerprint density at radius 3 is 2.45 bits per heavy atom. The Kier molecular flexibility index (Phi) is 5.55. The van der Waals surface area contributed by atoms with Crippen LogP contribution in [0.2, 0.25) is 0 Å². The quantitative estimate of drug-likeness (QED) is 0.839. The van der Waals surface area contributed by atoms with E-state index >= 15 is 0 Å². The van der Waals surface area contributed by atoms with Crippen molar-refractivity contribution in [3.63, 3.8) is 0 Å². The number of benzene rings is 1. The van der Waals surface area contributed by atoms with E-state index in [1.165, 1.54) is 6.92 Å². The van der Waals surface area contributed by atoms with Crippen LogP contribution in [0.3, 0.4) is 0 Å². The number of aliphatic hydroxyl groups excluding tert-OH is 2. The number of halogens is 4. The average molecular weight is 312 g/mol. The molecule has 2 atom stereocenters. The van der Waals surface area contributed by atoms with Gasteiger partial charge in [-0.25, -0.2) is 4.39 Å². The number of carbonyl (C=O) groups excluding carboxylic acids is 1. The highest BCUT2D eigenvalue weighted by Gasteiger charge is 2.36. The van der Waals surface area contributed by atoms with Gasteiger partial charge in [0.1, 0.15) is 11.9 Å². The maximum Gasteiger partial charge on any atom is 0.419 e. The summed E-state index contributed by atoms with van der Waals surface area (Å²) in [5.41, 5.74) is -2.17. The van der Waals surface area contributed by atoms with Crippen molar-refractivity contribution < 1.29 is 32.6 Å². The fourth-order valence-electron chi connectivity index (χ4n) is 1.50. The molecule has 2 N–H and O–H groups in total. The molecule has 3 nitrogen and oxygen atoms in total. The minimum Gasteiger partial charge on any atom is -0.389 e. The van der Waals surface area contributed by atoms with Crippen LogP contribution in [0.5, 0.6) is 0 Å². The van der Waals surface area contributed by atoms with Crippen molar-refractivity contribution in [2.75, 3.05) is 5.75 Å². The molecule has 0 saturated carbocycles. The van der Waals surface area contributed by atoms with Crippen LogP contribution in [0, 0.1) is 5.82 Å². The van der Waals surface area contributed by atoms with E-state index in [1.54, 1.807) is 0 Å². The molecule has 1 aromatic carbocycles. The van der Waals surface area contributed by atoms with Crippen LogP contribution in [0.1, 0.15) is 24.2 Å². The first-order chi connectivity index (χ1) is 9.14. The number of thioether (sulfide) groups is 1. The second kappa shape index (κ2) is 6.55. The first-order valence-electron chi connectivity index (χ1n) is 5.49. The zero-order valence-electron chi connectivity index (χ0n) is 10.3. The first kappa shape index (κ1) is 16.9. The summed E-state index contributed by atoms with van der Waals surface area (Å²) in [7, 11) is 0. The monoisotopic (exact) mass is 312 g/mol. The van der Waals surface area contributed by atoms with Crippen LogP contribution in [-0.2, 0) is 11.0 Å². The SMILES string of the molecule is CC(=O)SCC(O)C(O)c1cccc(C(F)(F)F)c1F. The summed E-state index contributed by atoms with van der Waals surface area (Å²) in [5.74, 6) is -1.87. The molecule has 20 heavy (non-hydrogen) atoms. The zero-order valence-corrected chi connectivity index (χ0v) is 11.1. The standard InChI is InChI=1S/C12H12F4O3S/c1-6(17)20-5-9(18)11(19)7-3-2-4-8(10(7)13)12(14,15)16/h2-4,9,11,18-19H,5H2,1H3. The lowest BCUT2D eigenvalue weighted by atomic mass is 10.0. The van der Waals surface area contributed by atoms with Crippen LogP contribution < -0.4 is 0 Å². The summed E-state index contributed by atoms with van der Waals surface area (Å²) >= 11 is 0.684. The maximum absolute atomic E-state index is 13.7. The molecule has 0 radical (unpaired) electrons. The van der Waals surface area contributed by atoms with Crippen LogP contribution >= 0.6 is 11.8 Å². The third-order valence-electron chi connectivity index (χ3n) is 2.47. The Hall–Kier alpha value is -1.12. The molecule has 0 spiro atoms. The molecule has 0 aliphatic rings. The minimum absolute atomic E-state index is 0.244. The van der Waals surface area contributed by atoms with Gasteiger partial charge in [-0.15, -0.1) is 0 Å². The van der Waals surface area contributed by atoms with Crippen molar-refractivity contribution in [3.05, 3.63) is 35.1 Å². The third kappa shape index (κ3) is 4.19. The predicted molar refractivity (Wildman–Crippen MR) is 65.5 cm³/mol. The van der Waals surface area contributed by atoms with Gasteiger partial charge in [0, 0.05) is 18.2 Å². The molecule has 8 heteroatoms. The fourth-order valence-corrected chi connectivity index (χ4v) is 2.09. The van der Waals surface area contributed by atoms with Crippen molar-refractivity contribution in [3.8, 4) is 0 Å². The van der Waals surface area contributed by atoms with Gasteiger partial charge in [0.25, 0.3) is 0 Å². The van der Waals surface area contributed by atoms with Crippen molar-refractivity contribution in [2.24, 2.45) is 0 Å².